The van der Waals surface area contributed by atoms with Crippen molar-refractivity contribution >= 4 is 17.4 Å². The summed E-state index contributed by atoms with van der Waals surface area (Å²) >= 11 is 1.64. The van der Waals surface area contributed by atoms with Crippen LogP contribution in [0.2, 0.25) is 0 Å². The van der Waals surface area contributed by atoms with Crippen molar-refractivity contribution in [2.45, 2.75) is 12.5 Å². The minimum atomic E-state index is -0.238. The summed E-state index contributed by atoms with van der Waals surface area (Å²) in [6, 6.07) is 13.1. The predicted molar refractivity (Wildman–Crippen MR) is 105 cm³/mol. The van der Waals surface area contributed by atoms with E-state index in [9.17, 15) is 4.79 Å². The van der Waals surface area contributed by atoms with E-state index >= 15 is 0 Å². The average molecular weight is 386 g/mol. The number of ether oxygens (including phenoxy) is 2. The Morgan fingerprint density at radius 1 is 1.11 bits per heavy atom. The molecule has 6 nitrogen and oxygen atoms in total. The highest BCUT2D eigenvalue weighted by Gasteiger charge is 2.19. The van der Waals surface area contributed by atoms with Gasteiger partial charge in [-0.3, -0.25) is 0 Å². The van der Waals surface area contributed by atoms with Gasteiger partial charge in [-0.1, -0.05) is 12.1 Å². The number of carbonyl (C=O) groups excluding carboxylic acids is 1. The van der Waals surface area contributed by atoms with Crippen LogP contribution in [-0.2, 0) is 6.54 Å². The first-order valence-corrected chi connectivity index (χ1v) is 9.38. The summed E-state index contributed by atoms with van der Waals surface area (Å²) in [4.78, 5) is 13.4. The molecule has 0 aliphatic rings. The maximum Gasteiger partial charge on any atom is 0.315 e. The molecule has 0 aliphatic carbocycles. The Bertz CT molecular complexity index is 813. The molecule has 2 heterocycles. The number of thiophene rings is 1. The summed E-state index contributed by atoms with van der Waals surface area (Å²) in [5.74, 6) is 2.11. The van der Waals surface area contributed by atoms with Crippen molar-refractivity contribution in [3.63, 3.8) is 0 Å². The summed E-state index contributed by atoms with van der Waals surface area (Å²) in [5.41, 5.74) is 0.920. The molecule has 0 unspecified atom stereocenters. The lowest BCUT2D eigenvalue weighted by Crippen LogP contribution is -2.37. The summed E-state index contributed by atoms with van der Waals surface area (Å²) < 4.78 is 16.0. The lowest BCUT2D eigenvalue weighted by Gasteiger charge is -2.15. The standard InChI is InChI=1S/C20H22N2O4S/c1-24-17-8-7-14(11-18(17)25-2)12-21-20(23)22-13-15(16-5-3-9-26-16)19-6-4-10-27-19/h3-11,15H,12-13H2,1-2H3,(H2,21,22,23)/t15-/m1/s1. The fourth-order valence-electron chi connectivity index (χ4n) is 2.75. The molecular weight excluding hydrogens is 364 g/mol. The first kappa shape index (κ1) is 18.8. The number of benzene rings is 1. The molecule has 142 valence electrons. The number of amides is 2. The van der Waals surface area contributed by atoms with E-state index in [1.165, 1.54) is 0 Å². The Morgan fingerprint density at radius 2 is 1.96 bits per heavy atom. The second-order valence-electron chi connectivity index (χ2n) is 5.84. The zero-order chi connectivity index (χ0) is 19.1. The largest absolute Gasteiger partial charge is 0.493 e. The van der Waals surface area contributed by atoms with Crippen molar-refractivity contribution in [2.24, 2.45) is 0 Å². The number of nitrogens with one attached hydrogen (secondary N) is 2. The second-order valence-corrected chi connectivity index (χ2v) is 6.82. The maximum absolute atomic E-state index is 12.2. The smallest absolute Gasteiger partial charge is 0.315 e. The van der Waals surface area contributed by atoms with E-state index in [1.54, 1.807) is 31.8 Å². The summed E-state index contributed by atoms with van der Waals surface area (Å²) in [7, 11) is 3.17. The molecule has 0 saturated heterocycles. The number of hydrogen-bond donors (Lipinski definition) is 2. The fourth-order valence-corrected chi connectivity index (χ4v) is 3.59. The molecule has 0 aliphatic heterocycles. The third-order valence-electron chi connectivity index (χ3n) is 4.14. The predicted octanol–water partition coefficient (Wildman–Crippen LogP) is 3.99. The first-order valence-electron chi connectivity index (χ1n) is 8.50. The highest BCUT2D eigenvalue weighted by molar-refractivity contribution is 7.10. The van der Waals surface area contributed by atoms with Crippen LogP contribution in [0.25, 0.3) is 0 Å². The highest BCUT2D eigenvalue weighted by Crippen LogP contribution is 2.28. The number of furan rings is 1. The van der Waals surface area contributed by atoms with Crippen LogP contribution in [0, 0.1) is 0 Å². The molecule has 0 fully saturated rings. The van der Waals surface area contributed by atoms with Gasteiger partial charge in [0.25, 0.3) is 0 Å². The third kappa shape index (κ3) is 4.83. The van der Waals surface area contributed by atoms with Gasteiger partial charge >= 0.3 is 6.03 Å². The SMILES string of the molecule is COc1ccc(CNC(=O)NC[C@H](c2ccco2)c2cccs2)cc1OC. The normalized spacial score (nSPS) is 11.6. The van der Waals surface area contributed by atoms with E-state index in [-0.39, 0.29) is 11.9 Å². The molecule has 3 aromatic rings. The van der Waals surface area contributed by atoms with E-state index in [1.807, 2.05) is 47.8 Å². The van der Waals surface area contributed by atoms with Crippen molar-refractivity contribution < 1.29 is 18.7 Å². The minimum absolute atomic E-state index is 0.00756. The molecule has 7 heteroatoms. The van der Waals surface area contributed by atoms with Gasteiger partial charge < -0.3 is 24.5 Å². The molecule has 0 radical (unpaired) electrons. The molecular formula is C20H22N2O4S. The van der Waals surface area contributed by atoms with Crippen LogP contribution in [0.4, 0.5) is 4.79 Å². The number of rotatable bonds is 8. The third-order valence-corrected chi connectivity index (χ3v) is 5.13. The second kappa shape index (κ2) is 9.14. The molecule has 1 aromatic carbocycles. The van der Waals surface area contributed by atoms with Crippen LogP contribution in [0.1, 0.15) is 22.1 Å². The molecule has 1 atom stereocenters. The molecule has 2 aromatic heterocycles. The van der Waals surface area contributed by atoms with Crippen LogP contribution in [0.15, 0.2) is 58.5 Å². The fraction of sp³-hybridized carbons (Fsp3) is 0.250. The van der Waals surface area contributed by atoms with Crippen molar-refractivity contribution in [1.82, 2.24) is 10.6 Å². The van der Waals surface area contributed by atoms with Gasteiger partial charge in [0.1, 0.15) is 5.76 Å². The van der Waals surface area contributed by atoms with E-state index in [2.05, 4.69) is 10.6 Å². The van der Waals surface area contributed by atoms with Gasteiger partial charge in [-0.2, -0.15) is 0 Å². The van der Waals surface area contributed by atoms with Crippen LogP contribution in [-0.4, -0.2) is 26.8 Å². The molecule has 27 heavy (non-hydrogen) atoms. The number of urea groups is 1. The number of carbonyl (C=O) groups is 1. The van der Waals surface area contributed by atoms with Crippen LogP contribution >= 0.6 is 11.3 Å². The van der Waals surface area contributed by atoms with Gasteiger partial charge in [0.05, 0.1) is 26.4 Å². The van der Waals surface area contributed by atoms with Crippen LogP contribution in [0.3, 0.4) is 0 Å². The molecule has 2 N–H and O–H groups in total. The van der Waals surface area contributed by atoms with E-state index in [4.69, 9.17) is 13.9 Å². The maximum atomic E-state index is 12.2. The summed E-state index contributed by atoms with van der Waals surface area (Å²) in [6.45, 7) is 0.836. The zero-order valence-corrected chi connectivity index (χ0v) is 16.0. The molecule has 3 rings (SSSR count). The van der Waals surface area contributed by atoms with Crippen LogP contribution < -0.4 is 20.1 Å². The Morgan fingerprint density at radius 3 is 2.63 bits per heavy atom. The van der Waals surface area contributed by atoms with E-state index in [0.717, 1.165) is 16.2 Å². The lowest BCUT2D eigenvalue weighted by atomic mass is 10.1. The molecule has 0 saturated carbocycles. The quantitative estimate of drug-likeness (QED) is 0.614. The van der Waals surface area contributed by atoms with E-state index < -0.39 is 0 Å². The molecule has 2 amide bonds. The Labute approximate surface area is 162 Å². The minimum Gasteiger partial charge on any atom is -0.493 e. The van der Waals surface area contributed by atoms with Crippen molar-refractivity contribution in [1.29, 1.82) is 0 Å². The molecule has 0 bridgehead atoms. The zero-order valence-electron chi connectivity index (χ0n) is 15.2. The van der Waals surface area contributed by atoms with Crippen molar-refractivity contribution in [3.8, 4) is 11.5 Å². The Kier molecular flexibility index (Phi) is 6.38. The Hall–Kier alpha value is -2.93. The highest BCUT2D eigenvalue weighted by atomic mass is 32.1. The first-order chi connectivity index (χ1) is 13.2. The lowest BCUT2D eigenvalue weighted by molar-refractivity contribution is 0.240. The van der Waals surface area contributed by atoms with Gasteiger partial charge in [-0.25, -0.2) is 4.79 Å². The van der Waals surface area contributed by atoms with Crippen molar-refractivity contribution in [2.75, 3.05) is 20.8 Å². The van der Waals surface area contributed by atoms with E-state index in [0.29, 0.717) is 24.6 Å². The average Bonchev–Trinajstić information content (AvgIpc) is 3.41. The van der Waals surface area contributed by atoms with Crippen molar-refractivity contribution in [3.05, 3.63) is 70.3 Å². The van der Waals surface area contributed by atoms with Gasteiger partial charge in [0.2, 0.25) is 0 Å². The van der Waals surface area contributed by atoms with Crippen LogP contribution in [0.5, 0.6) is 11.5 Å². The van der Waals surface area contributed by atoms with Gasteiger partial charge in [0.15, 0.2) is 11.5 Å². The summed E-state index contributed by atoms with van der Waals surface area (Å²) in [5, 5.41) is 7.80. The van der Waals surface area contributed by atoms with Gasteiger partial charge in [0, 0.05) is 18.0 Å². The topological polar surface area (TPSA) is 72.7 Å². The van der Waals surface area contributed by atoms with Gasteiger partial charge in [-0.15, -0.1) is 11.3 Å². The monoisotopic (exact) mass is 386 g/mol. The molecule has 0 spiro atoms. The number of hydrogen-bond acceptors (Lipinski definition) is 5. The summed E-state index contributed by atoms with van der Waals surface area (Å²) in [6.07, 6.45) is 1.65. The van der Waals surface area contributed by atoms with Gasteiger partial charge in [-0.05, 0) is 41.3 Å². The Balaban J connectivity index is 1.56. The number of methoxy groups -OCH3 is 2.